The highest BCUT2D eigenvalue weighted by Crippen LogP contribution is 2.32. The number of hydrogen-bond acceptors (Lipinski definition) is 4. The molecule has 0 aliphatic carbocycles. The minimum absolute atomic E-state index is 0.0292. The first-order valence-corrected chi connectivity index (χ1v) is 11.0. The van der Waals surface area contributed by atoms with Gasteiger partial charge in [0.1, 0.15) is 11.5 Å². The molecule has 1 saturated heterocycles. The molecule has 150 valence electrons. The molecule has 1 aliphatic heterocycles. The molecule has 1 amide bonds. The van der Waals surface area contributed by atoms with Crippen LogP contribution in [0.4, 0.5) is 15.8 Å². The summed E-state index contributed by atoms with van der Waals surface area (Å²) in [4.78, 5) is 14.8. The molecule has 1 heterocycles. The molecule has 1 aliphatic rings. The van der Waals surface area contributed by atoms with Gasteiger partial charge in [0.25, 0.3) is 5.91 Å². The van der Waals surface area contributed by atoms with Crippen LogP contribution in [0.2, 0.25) is 0 Å². The average molecular weight is 470 g/mol. The van der Waals surface area contributed by atoms with E-state index in [1.54, 1.807) is 12.1 Å². The van der Waals surface area contributed by atoms with Crippen molar-refractivity contribution in [2.45, 2.75) is 17.7 Å². The van der Waals surface area contributed by atoms with E-state index in [0.29, 0.717) is 10.2 Å². The standard InChI is InChI=1S/C19H21BrFN3O3S/c1-23(2)28(26,27)17-12-13(8-9-14(17)20)19(25)22-18-15(21)6-5-7-16(18)24-10-3-4-11-24/h5-9,12H,3-4,10-11H2,1-2H3,(H,22,25). The average Bonchev–Trinajstić information content (AvgIpc) is 3.17. The lowest BCUT2D eigenvalue weighted by molar-refractivity contribution is 0.102. The van der Waals surface area contributed by atoms with E-state index in [1.807, 2.05) is 4.90 Å². The molecule has 9 heteroatoms. The first-order valence-electron chi connectivity index (χ1n) is 8.78. The Hall–Kier alpha value is -1.97. The number of nitrogens with one attached hydrogen (secondary N) is 1. The lowest BCUT2D eigenvalue weighted by atomic mass is 10.2. The molecule has 0 radical (unpaired) electrons. The van der Waals surface area contributed by atoms with Crippen LogP contribution in [0.1, 0.15) is 23.2 Å². The van der Waals surface area contributed by atoms with E-state index < -0.39 is 21.7 Å². The van der Waals surface area contributed by atoms with E-state index in [9.17, 15) is 17.6 Å². The quantitative estimate of drug-likeness (QED) is 0.724. The zero-order valence-corrected chi connectivity index (χ0v) is 18.0. The minimum Gasteiger partial charge on any atom is -0.370 e. The van der Waals surface area contributed by atoms with E-state index in [4.69, 9.17) is 0 Å². The van der Waals surface area contributed by atoms with Crippen LogP contribution in [0.5, 0.6) is 0 Å². The molecule has 0 unspecified atom stereocenters. The van der Waals surface area contributed by atoms with Crippen molar-refractivity contribution in [2.75, 3.05) is 37.4 Å². The van der Waals surface area contributed by atoms with Gasteiger partial charge in [0.15, 0.2) is 0 Å². The summed E-state index contributed by atoms with van der Waals surface area (Å²) in [5, 5.41) is 2.62. The van der Waals surface area contributed by atoms with Gasteiger partial charge >= 0.3 is 0 Å². The predicted molar refractivity (Wildman–Crippen MR) is 111 cm³/mol. The summed E-state index contributed by atoms with van der Waals surface area (Å²) in [6, 6.07) is 8.94. The maximum Gasteiger partial charge on any atom is 0.255 e. The Morgan fingerprint density at radius 2 is 1.86 bits per heavy atom. The molecule has 0 atom stereocenters. The second-order valence-electron chi connectivity index (χ2n) is 6.71. The van der Waals surface area contributed by atoms with Crippen LogP contribution in [0.3, 0.4) is 0 Å². The Balaban J connectivity index is 1.95. The molecule has 1 fully saturated rings. The number of carbonyl (C=O) groups is 1. The van der Waals surface area contributed by atoms with Crippen LogP contribution in [-0.2, 0) is 10.0 Å². The van der Waals surface area contributed by atoms with Gasteiger partial charge in [0.05, 0.1) is 10.6 Å². The van der Waals surface area contributed by atoms with Crippen LogP contribution in [0.25, 0.3) is 0 Å². The molecular formula is C19H21BrFN3O3S. The Bertz CT molecular complexity index is 1010. The van der Waals surface area contributed by atoms with Gasteiger partial charge in [0.2, 0.25) is 10.0 Å². The van der Waals surface area contributed by atoms with Crippen molar-refractivity contribution in [2.24, 2.45) is 0 Å². The van der Waals surface area contributed by atoms with Gasteiger partial charge in [-0.15, -0.1) is 0 Å². The van der Waals surface area contributed by atoms with E-state index in [2.05, 4.69) is 21.2 Å². The molecule has 2 aromatic carbocycles. The highest BCUT2D eigenvalue weighted by atomic mass is 79.9. The van der Waals surface area contributed by atoms with Gasteiger partial charge < -0.3 is 10.2 Å². The van der Waals surface area contributed by atoms with Crippen LogP contribution in [0, 0.1) is 5.82 Å². The molecular weight excluding hydrogens is 449 g/mol. The maximum atomic E-state index is 14.5. The first kappa shape index (κ1) is 20.8. The van der Waals surface area contributed by atoms with Crippen molar-refractivity contribution in [3.05, 3.63) is 52.3 Å². The summed E-state index contributed by atoms with van der Waals surface area (Å²) in [7, 11) is -0.916. The Morgan fingerprint density at radius 3 is 2.50 bits per heavy atom. The van der Waals surface area contributed by atoms with Crippen molar-refractivity contribution in [3.63, 3.8) is 0 Å². The summed E-state index contributed by atoms with van der Waals surface area (Å²) in [6.07, 6.45) is 2.03. The summed E-state index contributed by atoms with van der Waals surface area (Å²) in [5.41, 5.74) is 0.859. The smallest absolute Gasteiger partial charge is 0.255 e. The van der Waals surface area contributed by atoms with Crippen LogP contribution < -0.4 is 10.2 Å². The van der Waals surface area contributed by atoms with Crippen molar-refractivity contribution in [3.8, 4) is 0 Å². The molecule has 28 heavy (non-hydrogen) atoms. The minimum atomic E-state index is -3.74. The van der Waals surface area contributed by atoms with Gasteiger partial charge in [-0.1, -0.05) is 6.07 Å². The normalized spacial score (nSPS) is 14.5. The summed E-state index contributed by atoms with van der Waals surface area (Å²) < 4.78 is 40.8. The largest absolute Gasteiger partial charge is 0.370 e. The highest BCUT2D eigenvalue weighted by molar-refractivity contribution is 9.10. The monoisotopic (exact) mass is 469 g/mol. The number of anilines is 2. The van der Waals surface area contributed by atoms with E-state index in [0.717, 1.165) is 30.2 Å². The fraction of sp³-hybridized carbons (Fsp3) is 0.316. The molecule has 3 rings (SSSR count). The molecule has 0 aromatic heterocycles. The third kappa shape index (κ3) is 4.06. The zero-order valence-electron chi connectivity index (χ0n) is 15.6. The van der Waals surface area contributed by atoms with Crippen LogP contribution >= 0.6 is 15.9 Å². The van der Waals surface area contributed by atoms with Crippen LogP contribution in [-0.4, -0.2) is 45.8 Å². The van der Waals surface area contributed by atoms with Gasteiger partial charge in [-0.2, -0.15) is 0 Å². The fourth-order valence-corrected chi connectivity index (χ4v) is 4.93. The highest BCUT2D eigenvalue weighted by Gasteiger charge is 2.24. The Kier molecular flexibility index (Phi) is 6.07. The predicted octanol–water partition coefficient (Wildman–Crippen LogP) is 3.69. The lowest BCUT2D eigenvalue weighted by Gasteiger charge is -2.22. The molecule has 1 N–H and O–H groups in total. The number of nitrogens with zero attached hydrogens (tertiary/aromatic N) is 2. The van der Waals surface area contributed by atoms with E-state index in [1.165, 1.54) is 38.4 Å². The number of hydrogen-bond donors (Lipinski definition) is 1. The molecule has 0 spiro atoms. The Labute approximate surface area is 172 Å². The van der Waals surface area contributed by atoms with E-state index >= 15 is 0 Å². The molecule has 2 aromatic rings. The van der Waals surface area contributed by atoms with Crippen molar-refractivity contribution >= 4 is 43.2 Å². The number of benzene rings is 2. The second-order valence-corrected chi connectivity index (χ2v) is 9.69. The number of para-hydroxylation sites is 1. The van der Waals surface area contributed by atoms with Crippen molar-refractivity contribution in [1.82, 2.24) is 4.31 Å². The SMILES string of the molecule is CN(C)S(=O)(=O)c1cc(C(=O)Nc2c(F)cccc2N2CCCC2)ccc1Br. The maximum absolute atomic E-state index is 14.5. The third-order valence-corrected chi connectivity index (χ3v) is 7.44. The number of carbonyl (C=O) groups excluding carboxylic acids is 1. The number of sulfonamides is 1. The lowest BCUT2D eigenvalue weighted by Crippen LogP contribution is -2.24. The summed E-state index contributed by atoms with van der Waals surface area (Å²) in [5.74, 6) is -1.11. The number of rotatable bonds is 5. The topological polar surface area (TPSA) is 69.7 Å². The number of halogens is 2. The van der Waals surface area contributed by atoms with Gasteiger partial charge in [-0.3, -0.25) is 4.79 Å². The van der Waals surface area contributed by atoms with Crippen LogP contribution in [0.15, 0.2) is 45.8 Å². The van der Waals surface area contributed by atoms with Crippen molar-refractivity contribution < 1.29 is 17.6 Å². The molecule has 0 bridgehead atoms. The van der Waals surface area contributed by atoms with Crippen molar-refractivity contribution in [1.29, 1.82) is 0 Å². The van der Waals surface area contributed by atoms with E-state index in [-0.39, 0.29) is 16.1 Å². The van der Waals surface area contributed by atoms with Gasteiger partial charge in [-0.25, -0.2) is 17.1 Å². The second kappa shape index (κ2) is 8.18. The third-order valence-electron chi connectivity index (χ3n) is 4.63. The summed E-state index contributed by atoms with van der Waals surface area (Å²) in [6.45, 7) is 1.60. The Morgan fingerprint density at radius 1 is 1.18 bits per heavy atom. The molecule has 6 nitrogen and oxygen atoms in total. The molecule has 0 saturated carbocycles. The fourth-order valence-electron chi connectivity index (χ4n) is 3.08. The summed E-state index contributed by atoms with van der Waals surface area (Å²) >= 11 is 3.21. The zero-order chi connectivity index (χ0) is 20.5. The first-order chi connectivity index (χ1) is 13.2. The van der Waals surface area contributed by atoms with Gasteiger partial charge in [-0.05, 0) is 59.1 Å². The van der Waals surface area contributed by atoms with Gasteiger partial charge in [0, 0.05) is 37.2 Å². The number of amides is 1.